The lowest BCUT2D eigenvalue weighted by molar-refractivity contribution is 0.0937. The van der Waals surface area contributed by atoms with E-state index in [4.69, 9.17) is 4.74 Å². The predicted molar refractivity (Wildman–Crippen MR) is 111 cm³/mol. The van der Waals surface area contributed by atoms with E-state index in [0.29, 0.717) is 28.2 Å². The molecule has 4 rings (SSSR count). The van der Waals surface area contributed by atoms with Crippen molar-refractivity contribution in [1.29, 1.82) is 0 Å². The molecule has 28 heavy (non-hydrogen) atoms. The third-order valence-corrected chi connectivity index (χ3v) is 5.92. The summed E-state index contributed by atoms with van der Waals surface area (Å²) in [6, 6.07) is 14.9. The molecule has 1 saturated heterocycles. The molecular weight excluding hydrogens is 372 g/mol. The van der Waals surface area contributed by atoms with Crippen LogP contribution in [0, 0.1) is 6.92 Å². The number of para-hydroxylation sites is 1. The summed E-state index contributed by atoms with van der Waals surface area (Å²) in [6.07, 6.45) is 1.97. The second-order valence-corrected chi connectivity index (χ2v) is 7.98. The molecule has 0 amide bonds. The Morgan fingerprint density at radius 3 is 2.75 bits per heavy atom. The van der Waals surface area contributed by atoms with Crippen LogP contribution in [0.25, 0.3) is 10.9 Å². The van der Waals surface area contributed by atoms with Crippen LogP contribution in [0.4, 0.5) is 0 Å². The highest BCUT2D eigenvalue weighted by molar-refractivity contribution is 7.99. The van der Waals surface area contributed by atoms with Crippen molar-refractivity contribution in [2.45, 2.75) is 37.6 Å². The minimum absolute atomic E-state index is 0.0211. The zero-order chi connectivity index (χ0) is 19.5. The Morgan fingerprint density at radius 2 is 2.00 bits per heavy atom. The zero-order valence-electron chi connectivity index (χ0n) is 15.8. The van der Waals surface area contributed by atoms with Crippen molar-refractivity contribution < 1.29 is 9.53 Å². The number of Topliss-reactive ketones (excluding diaryl/α,β-unsaturated/α-hetero) is 1. The average molecular weight is 394 g/mol. The number of benzene rings is 2. The van der Waals surface area contributed by atoms with Gasteiger partial charge in [-0.25, -0.2) is 4.98 Å². The number of nitrogens with zero attached hydrogens (tertiary/aromatic N) is 2. The number of aromatic nitrogens is 2. The van der Waals surface area contributed by atoms with Gasteiger partial charge in [0.2, 0.25) is 0 Å². The molecule has 1 aliphatic rings. The molecule has 1 fully saturated rings. The van der Waals surface area contributed by atoms with Crippen molar-refractivity contribution in [3.8, 4) is 0 Å². The summed E-state index contributed by atoms with van der Waals surface area (Å²) in [6.45, 7) is 3.19. The highest BCUT2D eigenvalue weighted by Gasteiger charge is 2.20. The van der Waals surface area contributed by atoms with E-state index in [1.807, 2.05) is 49.4 Å². The number of ether oxygens (including phenoxy) is 1. The molecule has 5 nitrogen and oxygen atoms in total. The molecule has 3 aromatic rings. The number of hydrogen-bond donors (Lipinski definition) is 0. The first kappa shape index (κ1) is 18.9. The molecule has 6 heteroatoms. The van der Waals surface area contributed by atoms with Crippen molar-refractivity contribution in [3.05, 3.63) is 70.0 Å². The fraction of sp³-hybridized carbons (Fsp3) is 0.318. The quantitative estimate of drug-likeness (QED) is 0.361. The van der Waals surface area contributed by atoms with Crippen LogP contribution in [0.3, 0.4) is 0 Å². The van der Waals surface area contributed by atoms with Gasteiger partial charge in [0, 0.05) is 12.2 Å². The molecule has 1 atom stereocenters. The van der Waals surface area contributed by atoms with Gasteiger partial charge in [-0.2, -0.15) is 0 Å². The van der Waals surface area contributed by atoms with Crippen LogP contribution >= 0.6 is 11.8 Å². The summed E-state index contributed by atoms with van der Waals surface area (Å²) in [7, 11) is 0. The monoisotopic (exact) mass is 394 g/mol. The standard InChI is InChI=1S/C22H22N2O3S/c1-15-8-10-16(11-9-15)20(25)14-28-22-23-19-7-3-2-6-18(19)21(26)24(22)13-17-5-4-12-27-17/h2-3,6-11,17H,4-5,12-14H2,1H3/t17-/m0/s1. The number of aryl methyl sites for hydroxylation is 1. The fourth-order valence-electron chi connectivity index (χ4n) is 3.36. The fourth-order valence-corrected chi connectivity index (χ4v) is 4.27. The molecule has 144 valence electrons. The summed E-state index contributed by atoms with van der Waals surface area (Å²) in [5.41, 5.74) is 2.37. The molecule has 0 unspecified atom stereocenters. The van der Waals surface area contributed by atoms with Gasteiger partial charge >= 0.3 is 0 Å². The second kappa shape index (κ2) is 8.29. The van der Waals surface area contributed by atoms with Gasteiger partial charge in [0.25, 0.3) is 5.56 Å². The normalized spacial score (nSPS) is 16.5. The van der Waals surface area contributed by atoms with Crippen LogP contribution in [0.15, 0.2) is 58.5 Å². The first-order valence-corrected chi connectivity index (χ1v) is 10.4. The Bertz CT molecular complexity index is 1050. The molecule has 1 aliphatic heterocycles. The van der Waals surface area contributed by atoms with Crippen LogP contribution in [0.1, 0.15) is 28.8 Å². The Morgan fingerprint density at radius 1 is 1.21 bits per heavy atom. The number of fused-ring (bicyclic) bond motifs is 1. The van der Waals surface area contributed by atoms with E-state index in [-0.39, 0.29) is 23.2 Å². The first-order chi connectivity index (χ1) is 13.6. The van der Waals surface area contributed by atoms with Gasteiger partial charge in [0.1, 0.15) is 0 Å². The molecule has 0 bridgehead atoms. The lowest BCUT2D eigenvalue weighted by Gasteiger charge is -2.16. The van der Waals surface area contributed by atoms with Crippen molar-refractivity contribution in [3.63, 3.8) is 0 Å². The largest absolute Gasteiger partial charge is 0.376 e. The average Bonchev–Trinajstić information content (AvgIpc) is 3.22. The van der Waals surface area contributed by atoms with Crippen molar-refractivity contribution in [1.82, 2.24) is 9.55 Å². The van der Waals surface area contributed by atoms with Crippen LogP contribution in [0.2, 0.25) is 0 Å². The smallest absolute Gasteiger partial charge is 0.262 e. The van der Waals surface area contributed by atoms with Gasteiger partial charge in [-0.05, 0) is 31.9 Å². The molecule has 0 radical (unpaired) electrons. The van der Waals surface area contributed by atoms with Crippen molar-refractivity contribution >= 4 is 28.4 Å². The van der Waals surface area contributed by atoms with Gasteiger partial charge in [0.05, 0.1) is 29.3 Å². The van der Waals surface area contributed by atoms with E-state index in [0.717, 1.165) is 25.0 Å². The topological polar surface area (TPSA) is 61.2 Å². The summed E-state index contributed by atoms with van der Waals surface area (Å²) in [4.78, 5) is 30.3. The number of rotatable bonds is 6. The number of ketones is 1. The SMILES string of the molecule is Cc1ccc(C(=O)CSc2nc3ccccc3c(=O)n2C[C@@H]2CCCO2)cc1. The lowest BCUT2D eigenvalue weighted by Crippen LogP contribution is -2.29. The van der Waals surface area contributed by atoms with Crippen LogP contribution in [-0.2, 0) is 11.3 Å². The Labute approximate surface area is 167 Å². The molecule has 0 saturated carbocycles. The van der Waals surface area contributed by atoms with Crippen molar-refractivity contribution in [2.24, 2.45) is 0 Å². The van der Waals surface area contributed by atoms with Gasteiger partial charge in [-0.1, -0.05) is 53.7 Å². The minimum Gasteiger partial charge on any atom is -0.376 e. The maximum Gasteiger partial charge on any atom is 0.262 e. The number of hydrogen-bond acceptors (Lipinski definition) is 5. The lowest BCUT2D eigenvalue weighted by atomic mass is 10.1. The molecule has 2 aromatic carbocycles. The number of carbonyl (C=O) groups excluding carboxylic acids is 1. The zero-order valence-corrected chi connectivity index (χ0v) is 16.6. The van der Waals surface area contributed by atoms with Crippen LogP contribution in [0.5, 0.6) is 0 Å². The molecule has 1 aromatic heterocycles. The molecular formula is C22H22N2O3S. The minimum atomic E-state index is -0.0774. The van der Waals surface area contributed by atoms with E-state index in [1.165, 1.54) is 11.8 Å². The van der Waals surface area contributed by atoms with E-state index in [2.05, 4.69) is 4.98 Å². The molecule has 0 N–H and O–H groups in total. The van der Waals surface area contributed by atoms with Crippen LogP contribution < -0.4 is 5.56 Å². The first-order valence-electron chi connectivity index (χ1n) is 9.45. The summed E-state index contributed by atoms with van der Waals surface area (Å²) in [5, 5.41) is 1.16. The second-order valence-electron chi connectivity index (χ2n) is 7.04. The summed E-state index contributed by atoms with van der Waals surface area (Å²) in [5.74, 6) is 0.260. The third-order valence-electron chi connectivity index (χ3n) is 4.94. The van der Waals surface area contributed by atoms with Crippen LogP contribution in [-0.4, -0.2) is 33.8 Å². The van der Waals surface area contributed by atoms with E-state index < -0.39 is 0 Å². The maximum atomic E-state index is 13.1. The highest BCUT2D eigenvalue weighted by Crippen LogP contribution is 2.22. The Kier molecular flexibility index (Phi) is 5.59. The summed E-state index contributed by atoms with van der Waals surface area (Å²) < 4.78 is 7.39. The van der Waals surface area contributed by atoms with Gasteiger partial charge in [-0.15, -0.1) is 0 Å². The van der Waals surface area contributed by atoms with E-state index >= 15 is 0 Å². The predicted octanol–water partition coefficient (Wildman–Crippen LogP) is 3.86. The molecule has 0 spiro atoms. The molecule has 0 aliphatic carbocycles. The number of thioether (sulfide) groups is 1. The van der Waals surface area contributed by atoms with E-state index in [9.17, 15) is 9.59 Å². The highest BCUT2D eigenvalue weighted by atomic mass is 32.2. The summed E-state index contributed by atoms with van der Waals surface area (Å²) >= 11 is 1.31. The van der Waals surface area contributed by atoms with Crippen molar-refractivity contribution in [2.75, 3.05) is 12.4 Å². The van der Waals surface area contributed by atoms with Gasteiger partial charge < -0.3 is 4.74 Å². The Balaban J connectivity index is 1.63. The Hall–Kier alpha value is -2.44. The number of carbonyl (C=O) groups is 1. The van der Waals surface area contributed by atoms with Gasteiger partial charge in [-0.3, -0.25) is 14.2 Å². The molecule has 2 heterocycles. The van der Waals surface area contributed by atoms with E-state index in [1.54, 1.807) is 10.6 Å². The van der Waals surface area contributed by atoms with Gasteiger partial charge in [0.15, 0.2) is 10.9 Å². The third kappa shape index (κ3) is 4.03. The maximum absolute atomic E-state index is 13.1.